The van der Waals surface area contributed by atoms with Crippen LogP contribution in [0.4, 0.5) is 5.82 Å². The molecular formula is C18H22N4O2. The minimum Gasteiger partial charge on any atom is -0.382 e. The Hall–Kier alpha value is -2.47. The number of benzene rings is 1. The van der Waals surface area contributed by atoms with Crippen LogP contribution in [-0.4, -0.2) is 46.6 Å². The number of hydrogen-bond donors (Lipinski definition) is 1. The molecule has 0 unspecified atom stereocenters. The highest BCUT2D eigenvalue weighted by atomic mass is 16.5. The first-order chi connectivity index (χ1) is 11.7. The van der Waals surface area contributed by atoms with E-state index in [2.05, 4.69) is 22.1 Å². The highest BCUT2D eigenvalue weighted by Gasteiger charge is 2.26. The molecule has 0 atom stereocenters. The number of nitrogens with two attached hydrogens (primary N) is 1. The van der Waals surface area contributed by atoms with Crippen LogP contribution < -0.4 is 5.73 Å². The van der Waals surface area contributed by atoms with Gasteiger partial charge in [0.05, 0.1) is 12.7 Å². The maximum absolute atomic E-state index is 12.4. The topological polar surface area (TPSA) is 81.3 Å². The number of nitrogen functional groups attached to an aromatic ring is 1. The number of carbonyl (C=O) groups excluding carboxylic acids is 1. The van der Waals surface area contributed by atoms with Crippen molar-refractivity contribution in [3.63, 3.8) is 0 Å². The fourth-order valence-corrected chi connectivity index (χ4v) is 2.88. The van der Waals surface area contributed by atoms with Crippen LogP contribution in [0.25, 0.3) is 0 Å². The van der Waals surface area contributed by atoms with Crippen LogP contribution in [0.5, 0.6) is 0 Å². The van der Waals surface area contributed by atoms with E-state index in [4.69, 9.17) is 10.5 Å². The van der Waals surface area contributed by atoms with Crippen molar-refractivity contribution in [1.82, 2.24) is 14.9 Å². The summed E-state index contributed by atoms with van der Waals surface area (Å²) < 4.78 is 5.95. The maximum atomic E-state index is 12.4. The molecule has 0 bridgehead atoms. The van der Waals surface area contributed by atoms with Crippen molar-refractivity contribution < 1.29 is 9.53 Å². The number of piperidine rings is 1. The zero-order chi connectivity index (χ0) is 16.8. The first-order valence-electron chi connectivity index (χ1n) is 8.25. The molecule has 2 N–H and O–H groups in total. The van der Waals surface area contributed by atoms with E-state index in [1.54, 1.807) is 4.90 Å². The fraction of sp³-hybridized carbons (Fsp3) is 0.389. The molecule has 1 aliphatic heterocycles. The fourth-order valence-electron chi connectivity index (χ4n) is 2.88. The lowest BCUT2D eigenvalue weighted by molar-refractivity contribution is 0.00991. The second-order valence-electron chi connectivity index (χ2n) is 5.89. The van der Waals surface area contributed by atoms with Gasteiger partial charge >= 0.3 is 0 Å². The molecule has 1 aliphatic rings. The number of nitrogens with zero attached hydrogens (tertiary/aromatic N) is 3. The predicted molar refractivity (Wildman–Crippen MR) is 91.5 cm³/mol. The van der Waals surface area contributed by atoms with Gasteiger partial charge in [-0.3, -0.25) is 4.79 Å². The second kappa shape index (κ2) is 7.88. The summed E-state index contributed by atoms with van der Waals surface area (Å²) >= 11 is 0. The molecule has 6 heteroatoms. The molecule has 0 saturated carbocycles. The predicted octanol–water partition coefficient (Wildman–Crippen LogP) is 1.92. The molecule has 1 saturated heterocycles. The zero-order valence-electron chi connectivity index (χ0n) is 13.6. The number of hydrogen-bond acceptors (Lipinski definition) is 5. The van der Waals surface area contributed by atoms with Crippen LogP contribution in [0.15, 0.2) is 42.7 Å². The maximum Gasteiger partial charge on any atom is 0.276 e. The molecule has 0 aliphatic carbocycles. The van der Waals surface area contributed by atoms with Gasteiger partial charge in [0.15, 0.2) is 11.5 Å². The van der Waals surface area contributed by atoms with Gasteiger partial charge in [-0.2, -0.15) is 0 Å². The molecule has 1 aromatic heterocycles. The van der Waals surface area contributed by atoms with E-state index in [0.717, 1.165) is 19.3 Å². The quantitative estimate of drug-likeness (QED) is 0.908. The van der Waals surface area contributed by atoms with Crippen LogP contribution in [0.2, 0.25) is 0 Å². The van der Waals surface area contributed by atoms with Gasteiger partial charge in [-0.1, -0.05) is 30.3 Å². The molecule has 1 amide bonds. The third kappa shape index (κ3) is 4.08. The van der Waals surface area contributed by atoms with E-state index in [9.17, 15) is 4.79 Å². The molecule has 0 radical (unpaired) electrons. The van der Waals surface area contributed by atoms with Crippen LogP contribution in [0.1, 0.15) is 28.9 Å². The Morgan fingerprint density at radius 3 is 2.58 bits per heavy atom. The summed E-state index contributed by atoms with van der Waals surface area (Å²) in [6.07, 6.45) is 5.76. The summed E-state index contributed by atoms with van der Waals surface area (Å²) in [7, 11) is 0. The molecular weight excluding hydrogens is 304 g/mol. The molecule has 126 valence electrons. The van der Waals surface area contributed by atoms with Crippen molar-refractivity contribution in [2.45, 2.75) is 25.4 Å². The van der Waals surface area contributed by atoms with E-state index in [1.165, 1.54) is 18.0 Å². The van der Waals surface area contributed by atoms with E-state index in [0.29, 0.717) is 19.7 Å². The van der Waals surface area contributed by atoms with Crippen molar-refractivity contribution in [2.75, 3.05) is 25.4 Å². The van der Waals surface area contributed by atoms with Crippen molar-refractivity contribution in [2.24, 2.45) is 0 Å². The lowest BCUT2D eigenvalue weighted by Gasteiger charge is -2.31. The van der Waals surface area contributed by atoms with Gasteiger partial charge in [-0.15, -0.1) is 0 Å². The average molecular weight is 326 g/mol. The number of likely N-dealkylation sites (tertiary alicyclic amines) is 1. The first kappa shape index (κ1) is 16.4. The third-order valence-electron chi connectivity index (χ3n) is 4.25. The summed E-state index contributed by atoms with van der Waals surface area (Å²) in [6, 6.07) is 10.3. The van der Waals surface area contributed by atoms with Gasteiger partial charge in [0, 0.05) is 25.5 Å². The summed E-state index contributed by atoms with van der Waals surface area (Å²) in [5, 5.41) is 0. The van der Waals surface area contributed by atoms with Gasteiger partial charge in [0.25, 0.3) is 5.91 Å². The van der Waals surface area contributed by atoms with Gasteiger partial charge in [-0.05, 0) is 24.8 Å². The monoisotopic (exact) mass is 326 g/mol. The van der Waals surface area contributed by atoms with E-state index in [1.807, 2.05) is 18.2 Å². The van der Waals surface area contributed by atoms with Gasteiger partial charge in [0.2, 0.25) is 0 Å². The van der Waals surface area contributed by atoms with Crippen LogP contribution in [0, 0.1) is 0 Å². The SMILES string of the molecule is Nc1nccnc1C(=O)N1CCC(OCCc2ccccc2)CC1. The number of amides is 1. The first-order valence-corrected chi connectivity index (χ1v) is 8.25. The normalized spacial score (nSPS) is 15.4. The number of ether oxygens (including phenoxy) is 1. The molecule has 6 nitrogen and oxygen atoms in total. The Kier molecular flexibility index (Phi) is 5.38. The van der Waals surface area contributed by atoms with Crippen molar-refractivity contribution in [1.29, 1.82) is 0 Å². The molecule has 1 fully saturated rings. The standard InChI is InChI=1S/C18H22N4O2/c19-17-16(20-9-10-21-17)18(23)22-11-6-15(7-12-22)24-13-8-14-4-2-1-3-5-14/h1-5,9-10,15H,6-8,11-13H2,(H2,19,21). The second-order valence-corrected chi connectivity index (χ2v) is 5.89. The van der Waals surface area contributed by atoms with Crippen molar-refractivity contribution >= 4 is 11.7 Å². The van der Waals surface area contributed by atoms with Crippen LogP contribution >= 0.6 is 0 Å². The highest BCUT2D eigenvalue weighted by Crippen LogP contribution is 2.17. The van der Waals surface area contributed by atoms with Crippen LogP contribution in [-0.2, 0) is 11.2 Å². The minimum absolute atomic E-state index is 0.150. The Morgan fingerprint density at radius 1 is 1.17 bits per heavy atom. The Morgan fingerprint density at radius 2 is 1.88 bits per heavy atom. The molecule has 2 heterocycles. The van der Waals surface area contributed by atoms with E-state index in [-0.39, 0.29) is 23.5 Å². The zero-order valence-corrected chi connectivity index (χ0v) is 13.6. The average Bonchev–Trinajstić information content (AvgIpc) is 2.63. The Bertz CT molecular complexity index is 670. The number of rotatable bonds is 5. The molecule has 0 spiro atoms. The number of aromatic nitrogens is 2. The Labute approximate surface area is 141 Å². The summed E-state index contributed by atoms with van der Waals surface area (Å²) in [6.45, 7) is 2.02. The van der Waals surface area contributed by atoms with Gasteiger partial charge in [0.1, 0.15) is 0 Å². The van der Waals surface area contributed by atoms with Crippen molar-refractivity contribution in [3.8, 4) is 0 Å². The highest BCUT2D eigenvalue weighted by molar-refractivity contribution is 5.96. The largest absolute Gasteiger partial charge is 0.382 e. The number of anilines is 1. The lowest BCUT2D eigenvalue weighted by Crippen LogP contribution is -2.41. The molecule has 1 aromatic carbocycles. The van der Waals surface area contributed by atoms with Crippen molar-refractivity contribution in [3.05, 3.63) is 54.0 Å². The van der Waals surface area contributed by atoms with E-state index >= 15 is 0 Å². The van der Waals surface area contributed by atoms with Crippen LogP contribution in [0.3, 0.4) is 0 Å². The molecule has 24 heavy (non-hydrogen) atoms. The minimum atomic E-state index is -0.150. The smallest absolute Gasteiger partial charge is 0.276 e. The van der Waals surface area contributed by atoms with Gasteiger partial charge < -0.3 is 15.4 Å². The summed E-state index contributed by atoms with van der Waals surface area (Å²) in [5.74, 6) is 0.0343. The number of carbonyl (C=O) groups is 1. The summed E-state index contributed by atoms with van der Waals surface area (Å²) in [5.41, 5.74) is 7.25. The molecule has 2 aromatic rings. The van der Waals surface area contributed by atoms with Gasteiger partial charge in [-0.25, -0.2) is 9.97 Å². The summed E-state index contributed by atoms with van der Waals surface area (Å²) in [4.78, 5) is 22.2. The van der Waals surface area contributed by atoms with E-state index < -0.39 is 0 Å². The Balaban J connectivity index is 1.44. The molecule has 3 rings (SSSR count). The third-order valence-corrected chi connectivity index (χ3v) is 4.25. The lowest BCUT2D eigenvalue weighted by atomic mass is 10.1.